The standard InChI is InChI=1S/C18H16N4O4S2/c23-17(20-18-19-14(11-28-18)16-2-1-9-27-16)13-10-12(22(24)25)3-4-15(13)21-5-7-26-8-6-21/h1-4,9-11H,5-8H2,(H,19,20,23). The number of amides is 1. The van der Waals surface area contributed by atoms with Crippen LogP contribution in [0, 0.1) is 10.1 Å². The Hall–Kier alpha value is -2.82. The highest BCUT2D eigenvalue weighted by Crippen LogP contribution is 2.30. The molecule has 0 radical (unpaired) electrons. The number of rotatable bonds is 5. The number of nitro benzene ring substituents is 1. The molecule has 28 heavy (non-hydrogen) atoms. The average Bonchev–Trinajstić information content (AvgIpc) is 3.40. The molecule has 10 heteroatoms. The van der Waals surface area contributed by atoms with Gasteiger partial charge in [0.15, 0.2) is 5.13 Å². The first-order valence-corrected chi connectivity index (χ1v) is 10.3. The molecule has 8 nitrogen and oxygen atoms in total. The summed E-state index contributed by atoms with van der Waals surface area (Å²) in [5.74, 6) is -0.419. The monoisotopic (exact) mass is 416 g/mol. The van der Waals surface area contributed by atoms with Crippen molar-refractivity contribution in [3.05, 3.63) is 56.8 Å². The molecule has 3 heterocycles. The number of anilines is 2. The lowest BCUT2D eigenvalue weighted by Gasteiger charge is -2.30. The lowest BCUT2D eigenvalue weighted by Crippen LogP contribution is -2.37. The van der Waals surface area contributed by atoms with E-state index in [1.54, 1.807) is 17.4 Å². The van der Waals surface area contributed by atoms with E-state index in [0.29, 0.717) is 37.1 Å². The van der Waals surface area contributed by atoms with Crippen molar-refractivity contribution < 1.29 is 14.5 Å². The first-order valence-electron chi connectivity index (χ1n) is 8.54. The number of nitro groups is 1. The molecule has 0 saturated carbocycles. The number of nitrogens with zero attached hydrogens (tertiary/aromatic N) is 3. The highest BCUT2D eigenvalue weighted by molar-refractivity contribution is 7.16. The predicted octanol–water partition coefficient (Wildman–Crippen LogP) is 3.87. The van der Waals surface area contributed by atoms with Gasteiger partial charge in [-0.2, -0.15) is 0 Å². The second kappa shape index (κ2) is 8.05. The largest absolute Gasteiger partial charge is 0.378 e. The number of benzene rings is 1. The third-order valence-electron chi connectivity index (χ3n) is 4.29. The molecule has 0 bridgehead atoms. The number of hydrogen-bond acceptors (Lipinski definition) is 8. The Labute approximate surface area is 168 Å². The molecule has 1 saturated heterocycles. The molecule has 0 aliphatic carbocycles. The SMILES string of the molecule is O=C(Nc1nc(-c2cccs2)cs1)c1cc([N+](=O)[O-])ccc1N1CCOCC1. The lowest BCUT2D eigenvalue weighted by atomic mass is 10.1. The van der Waals surface area contributed by atoms with Gasteiger partial charge in [0.05, 0.1) is 40.0 Å². The van der Waals surface area contributed by atoms with Crippen LogP contribution in [-0.2, 0) is 4.74 Å². The number of carbonyl (C=O) groups excluding carboxylic acids is 1. The quantitative estimate of drug-likeness (QED) is 0.501. The van der Waals surface area contributed by atoms with Crippen LogP contribution in [0.4, 0.5) is 16.5 Å². The van der Waals surface area contributed by atoms with Crippen molar-refractivity contribution in [2.24, 2.45) is 0 Å². The molecule has 1 aliphatic heterocycles. The Balaban J connectivity index is 1.61. The number of ether oxygens (including phenoxy) is 1. The van der Waals surface area contributed by atoms with Crippen molar-refractivity contribution >= 4 is 45.1 Å². The van der Waals surface area contributed by atoms with Gasteiger partial charge in [-0.1, -0.05) is 6.07 Å². The van der Waals surface area contributed by atoms with Crippen molar-refractivity contribution in [3.8, 4) is 10.6 Å². The number of hydrogen-bond donors (Lipinski definition) is 1. The van der Waals surface area contributed by atoms with E-state index in [1.165, 1.54) is 23.5 Å². The van der Waals surface area contributed by atoms with Crippen LogP contribution in [0.1, 0.15) is 10.4 Å². The average molecular weight is 416 g/mol. The van der Waals surface area contributed by atoms with Crippen LogP contribution in [-0.4, -0.2) is 42.1 Å². The highest BCUT2D eigenvalue weighted by Gasteiger charge is 2.23. The Morgan fingerprint density at radius 2 is 2.07 bits per heavy atom. The van der Waals surface area contributed by atoms with E-state index in [0.717, 1.165) is 10.6 Å². The summed E-state index contributed by atoms with van der Waals surface area (Å²) in [6, 6.07) is 8.25. The molecule has 1 aromatic carbocycles. The molecule has 0 atom stereocenters. The third kappa shape index (κ3) is 3.88. The van der Waals surface area contributed by atoms with E-state index >= 15 is 0 Å². The van der Waals surface area contributed by atoms with Crippen molar-refractivity contribution in [3.63, 3.8) is 0 Å². The number of non-ortho nitro benzene ring substituents is 1. The molecule has 1 fully saturated rings. The Bertz CT molecular complexity index is 997. The number of thiazole rings is 1. The third-order valence-corrected chi connectivity index (χ3v) is 5.94. The minimum atomic E-state index is -0.502. The Morgan fingerprint density at radius 3 is 2.79 bits per heavy atom. The highest BCUT2D eigenvalue weighted by atomic mass is 32.1. The van der Waals surface area contributed by atoms with E-state index in [2.05, 4.69) is 10.3 Å². The van der Waals surface area contributed by atoms with Gasteiger partial charge in [0.2, 0.25) is 0 Å². The van der Waals surface area contributed by atoms with E-state index < -0.39 is 10.8 Å². The van der Waals surface area contributed by atoms with Crippen LogP contribution in [0.5, 0.6) is 0 Å². The lowest BCUT2D eigenvalue weighted by molar-refractivity contribution is -0.384. The smallest absolute Gasteiger partial charge is 0.270 e. The fourth-order valence-electron chi connectivity index (χ4n) is 2.93. The van der Waals surface area contributed by atoms with Gasteiger partial charge in [-0.25, -0.2) is 4.98 Å². The molecule has 0 unspecified atom stereocenters. The zero-order valence-corrected chi connectivity index (χ0v) is 16.3. The summed E-state index contributed by atoms with van der Waals surface area (Å²) in [5.41, 5.74) is 1.58. The van der Waals surface area contributed by atoms with Crippen LogP contribution in [0.2, 0.25) is 0 Å². The van der Waals surface area contributed by atoms with Crippen molar-refractivity contribution in [2.75, 3.05) is 36.5 Å². The van der Waals surface area contributed by atoms with E-state index in [9.17, 15) is 14.9 Å². The van der Waals surface area contributed by atoms with Gasteiger partial charge in [-0.05, 0) is 17.5 Å². The van der Waals surface area contributed by atoms with Crippen molar-refractivity contribution in [1.82, 2.24) is 4.98 Å². The summed E-state index contributed by atoms with van der Waals surface area (Å²) in [6.45, 7) is 2.35. The summed E-state index contributed by atoms with van der Waals surface area (Å²) in [4.78, 5) is 31.1. The molecule has 144 valence electrons. The maximum Gasteiger partial charge on any atom is 0.270 e. The maximum absolute atomic E-state index is 12.9. The zero-order valence-electron chi connectivity index (χ0n) is 14.7. The molecule has 1 N–H and O–H groups in total. The molecular weight excluding hydrogens is 400 g/mol. The molecule has 3 aromatic rings. The first-order chi connectivity index (χ1) is 13.6. The van der Waals surface area contributed by atoms with Gasteiger partial charge in [0, 0.05) is 30.6 Å². The van der Waals surface area contributed by atoms with Crippen LogP contribution in [0.25, 0.3) is 10.6 Å². The van der Waals surface area contributed by atoms with E-state index in [-0.39, 0.29) is 11.3 Å². The van der Waals surface area contributed by atoms with Gasteiger partial charge < -0.3 is 9.64 Å². The molecule has 4 rings (SSSR count). The van der Waals surface area contributed by atoms with Gasteiger partial charge in [-0.3, -0.25) is 20.2 Å². The molecule has 2 aromatic heterocycles. The van der Waals surface area contributed by atoms with Gasteiger partial charge in [0.25, 0.3) is 11.6 Å². The van der Waals surface area contributed by atoms with E-state index in [4.69, 9.17) is 4.74 Å². The zero-order chi connectivity index (χ0) is 19.5. The van der Waals surface area contributed by atoms with Crippen LogP contribution >= 0.6 is 22.7 Å². The normalized spacial score (nSPS) is 14.1. The van der Waals surface area contributed by atoms with E-state index in [1.807, 2.05) is 27.8 Å². The van der Waals surface area contributed by atoms with Crippen molar-refractivity contribution in [1.29, 1.82) is 0 Å². The number of nitrogens with one attached hydrogen (secondary N) is 1. The molecule has 1 aliphatic rings. The Morgan fingerprint density at radius 1 is 1.25 bits per heavy atom. The molecule has 0 spiro atoms. The van der Waals surface area contributed by atoms with Crippen LogP contribution in [0.3, 0.4) is 0 Å². The van der Waals surface area contributed by atoms with Crippen LogP contribution in [0.15, 0.2) is 41.1 Å². The summed E-state index contributed by atoms with van der Waals surface area (Å²) in [5, 5.41) is 18.3. The summed E-state index contributed by atoms with van der Waals surface area (Å²) in [6.07, 6.45) is 0. The number of thiophene rings is 1. The number of aromatic nitrogens is 1. The van der Waals surface area contributed by atoms with Gasteiger partial charge >= 0.3 is 0 Å². The summed E-state index contributed by atoms with van der Waals surface area (Å²) in [7, 11) is 0. The minimum absolute atomic E-state index is 0.124. The predicted molar refractivity (Wildman–Crippen MR) is 110 cm³/mol. The first kappa shape index (κ1) is 18.5. The second-order valence-corrected chi connectivity index (χ2v) is 7.83. The van der Waals surface area contributed by atoms with Crippen LogP contribution < -0.4 is 10.2 Å². The molecular formula is C18H16N4O4S2. The van der Waals surface area contributed by atoms with Gasteiger partial charge in [-0.15, -0.1) is 22.7 Å². The fourth-order valence-corrected chi connectivity index (χ4v) is 4.40. The topological polar surface area (TPSA) is 97.6 Å². The maximum atomic E-state index is 12.9. The summed E-state index contributed by atoms with van der Waals surface area (Å²) < 4.78 is 5.36. The summed E-state index contributed by atoms with van der Waals surface area (Å²) >= 11 is 2.89. The van der Waals surface area contributed by atoms with Gasteiger partial charge in [0.1, 0.15) is 0 Å². The molecule has 1 amide bonds. The second-order valence-electron chi connectivity index (χ2n) is 6.03. The Kier molecular flexibility index (Phi) is 5.33. The number of morpholine rings is 1. The fraction of sp³-hybridized carbons (Fsp3) is 0.222. The van der Waals surface area contributed by atoms with Crippen molar-refractivity contribution in [2.45, 2.75) is 0 Å². The number of carbonyl (C=O) groups is 1. The minimum Gasteiger partial charge on any atom is -0.378 e.